The van der Waals surface area contributed by atoms with E-state index in [0.29, 0.717) is 5.75 Å². The van der Waals surface area contributed by atoms with Crippen LogP contribution in [0.25, 0.3) is 0 Å². The lowest BCUT2D eigenvalue weighted by molar-refractivity contribution is 0.303. The fourth-order valence-electron chi connectivity index (χ4n) is 1.74. The summed E-state index contributed by atoms with van der Waals surface area (Å²) >= 11 is 3.42. The van der Waals surface area contributed by atoms with E-state index >= 15 is 0 Å². The quantitative estimate of drug-likeness (QED) is 0.628. The van der Waals surface area contributed by atoms with Gasteiger partial charge in [0.15, 0.2) is 0 Å². The number of benzene rings is 1. The number of hydrogen-bond donors (Lipinski definition) is 1. The molecule has 0 amide bonds. The Kier molecular flexibility index (Phi) is 5.83. The lowest BCUT2D eigenvalue weighted by Crippen LogP contribution is -2.01. The number of hydrogen-bond acceptors (Lipinski definition) is 2. The Bertz CT molecular complexity index is 375. The van der Waals surface area contributed by atoms with Gasteiger partial charge in [-0.3, -0.25) is 0 Å². The van der Waals surface area contributed by atoms with Crippen LogP contribution in [-0.2, 0) is 0 Å². The zero-order chi connectivity index (χ0) is 12.8. The Morgan fingerprint density at radius 2 is 1.82 bits per heavy atom. The van der Waals surface area contributed by atoms with E-state index in [2.05, 4.69) is 15.9 Å². The number of unbranched alkanes of at least 4 members (excludes halogenated alkanes) is 2. The minimum Gasteiger partial charge on any atom is -0.507 e. The number of aryl methyl sites for hydroxylation is 1. The van der Waals surface area contributed by atoms with Crippen molar-refractivity contribution in [1.82, 2.24) is 0 Å². The first-order valence-electron chi connectivity index (χ1n) is 6.06. The molecule has 2 nitrogen and oxygen atoms in total. The van der Waals surface area contributed by atoms with Gasteiger partial charge in [0.2, 0.25) is 0 Å². The Balaban J connectivity index is 2.60. The summed E-state index contributed by atoms with van der Waals surface area (Å²) in [5, 5.41) is 10.9. The number of phenolic OH excluding ortho intramolecular Hbond substituents is 1. The molecule has 0 heterocycles. The molecule has 0 spiro atoms. The van der Waals surface area contributed by atoms with E-state index in [1.54, 1.807) is 0 Å². The molecular formula is C14H21BrO2. The minimum atomic E-state index is 0.383. The number of phenols is 1. The van der Waals surface area contributed by atoms with Crippen LogP contribution < -0.4 is 4.74 Å². The normalized spacial score (nSPS) is 10.6. The molecule has 0 fully saturated rings. The van der Waals surface area contributed by atoms with Crippen LogP contribution >= 0.6 is 15.9 Å². The summed E-state index contributed by atoms with van der Waals surface area (Å²) in [6.07, 6.45) is 3.44. The van der Waals surface area contributed by atoms with E-state index in [4.69, 9.17) is 4.74 Å². The van der Waals surface area contributed by atoms with Crippen molar-refractivity contribution in [2.45, 2.75) is 40.0 Å². The van der Waals surface area contributed by atoms with Crippen LogP contribution in [0.5, 0.6) is 11.5 Å². The van der Waals surface area contributed by atoms with E-state index in [1.165, 1.54) is 12.8 Å². The second-order valence-electron chi connectivity index (χ2n) is 4.39. The van der Waals surface area contributed by atoms with Crippen molar-refractivity contribution in [3.63, 3.8) is 0 Å². The third kappa shape index (κ3) is 3.91. The molecule has 1 aromatic carbocycles. The number of rotatable bonds is 6. The zero-order valence-corrected chi connectivity index (χ0v) is 12.4. The molecule has 0 bridgehead atoms. The number of halogens is 1. The van der Waals surface area contributed by atoms with Gasteiger partial charge in [0.1, 0.15) is 11.5 Å². The summed E-state index contributed by atoms with van der Waals surface area (Å²) in [6, 6.07) is 1.92. The molecule has 96 valence electrons. The summed E-state index contributed by atoms with van der Waals surface area (Å²) in [4.78, 5) is 0. The standard InChI is InChI=1S/C14H21BrO2/c1-10-9-13(11(2)12(3)14(10)16)17-8-6-4-5-7-15/h9,16H,4-8H2,1-3H3. The van der Waals surface area contributed by atoms with Crippen LogP contribution in [-0.4, -0.2) is 17.0 Å². The van der Waals surface area contributed by atoms with Gasteiger partial charge in [0.25, 0.3) is 0 Å². The lowest BCUT2D eigenvalue weighted by Gasteiger charge is -2.14. The molecule has 0 atom stereocenters. The summed E-state index contributed by atoms with van der Waals surface area (Å²) in [6.45, 7) is 6.56. The predicted molar refractivity (Wildman–Crippen MR) is 75.5 cm³/mol. The van der Waals surface area contributed by atoms with Gasteiger partial charge in [-0.15, -0.1) is 0 Å². The molecule has 0 radical (unpaired) electrons. The molecular weight excluding hydrogens is 280 g/mol. The monoisotopic (exact) mass is 300 g/mol. The fourth-order valence-corrected chi connectivity index (χ4v) is 2.13. The molecule has 17 heavy (non-hydrogen) atoms. The van der Waals surface area contributed by atoms with Crippen molar-refractivity contribution in [3.05, 3.63) is 22.8 Å². The van der Waals surface area contributed by atoms with Gasteiger partial charge in [0.05, 0.1) is 6.61 Å². The highest BCUT2D eigenvalue weighted by molar-refractivity contribution is 9.09. The van der Waals surface area contributed by atoms with Crippen LogP contribution in [0.15, 0.2) is 6.07 Å². The molecule has 1 aromatic rings. The molecule has 0 saturated carbocycles. The van der Waals surface area contributed by atoms with Gasteiger partial charge >= 0.3 is 0 Å². The smallest absolute Gasteiger partial charge is 0.122 e. The maximum absolute atomic E-state index is 9.79. The molecule has 0 aromatic heterocycles. The van der Waals surface area contributed by atoms with E-state index in [0.717, 1.165) is 40.8 Å². The van der Waals surface area contributed by atoms with Gasteiger partial charge < -0.3 is 9.84 Å². The maximum Gasteiger partial charge on any atom is 0.122 e. The van der Waals surface area contributed by atoms with Crippen molar-refractivity contribution in [2.24, 2.45) is 0 Å². The Labute approximate surface area is 112 Å². The first kappa shape index (κ1) is 14.4. The van der Waals surface area contributed by atoms with Crippen molar-refractivity contribution >= 4 is 15.9 Å². The van der Waals surface area contributed by atoms with Crippen molar-refractivity contribution in [2.75, 3.05) is 11.9 Å². The second-order valence-corrected chi connectivity index (χ2v) is 5.18. The molecule has 3 heteroatoms. The molecule has 1 N–H and O–H groups in total. The van der Waals surface area contributed by atoms with Crippen LogP contribution in [0.3, 0.4) is 0 Å². The molecule has 0 unspecified atom stereocenters. The van der Waals surface area contributed by atoms with Crippen LogP contribution in [0.2, 0.25) is 0 Å². The summed E-state index contributed by atoms with van der Waals surface area (Å²) < 4.78 is 5.77. The third-order valence-electron chi connectivity index (χ3n) is 3.04. The van der Waals surface area contributed by atoms with E-state index in [-0.39, 0.29) is 0 Å². The molecule has 0 aliphatic rings. The Morgan fingerprint density at radius 3 is 2.47 bits per heavy atom. The summed E-state index contributed by atoms with van der Waals surface area (Å²) in [5.74, 6) is 1.28. The van der Waals surface area contributed by atoms with Gasteiger partial charge in [0, 0.05) is 5.33 Å². The van der Waals surface area contributed by atoms with Gasteiger partial charge in [-0.1, -0.05) is 15.9 Å². The highest BCUT2D eigenvalue weighted by Crippen LogP contribution is 2.31. The largest absolute Gasteiger partial charge is 0.507 e. The fraction of sp³-hybridized carbons (Fsp3) is 0.571. The number of aromatic hydroxyl groups is 1. The maximum atomic E-state index is 9.79. The molecule has 1 rings (SSSR count). The van der Waals surface area contributed by atoms with Crippen LogP contribution in [0, 0.1) is 20.8 Å². The number of ether oxygens (including phenoxy) is 1. The van der Waals surface area contributed by atoms with Gasteiger partial charge in [-0.05, 0) is 62.8 Å². The van der Waals surface area contributed by atoms with Crippen molar-refractivity contribution in [1.29, 1.82) is 0 Å². The molecule has 0 aliphatic heterocycles. The predicted octanol–water partition coefficient (Wildman–Crippen LogP) is 4.26. The van der Waals surface area contributed by atoms with Crippen molar-refractivity contribution < 1.29 is 9.84 Å². The first-order chi connectivity index (χ1) is 8.07. The number of alkyl halides is 1. The summed E-state index contributed by atoms with van der Waals surface area (Å²) in [5.41, 5.74) is 2.83. The lowest BCUT2D eigenvalue weighted by atomic mass is 10.0. The van der Waals surface area contributed by atoms with E-state index in [9.17, 15) is 5.11 Å². The minimum absolute atomic E-state index is 0.383. The van der Waals surface area contributed by atoms with Gasteiger partial charge in [-0.25, -0.2) is 0 Å². The SMILES string of the molecule is Cc1cc(OCCCCCBr)c(C)c(C)c1O. The van der Waals surface area contributed by atoms with E-state index < -0.39 is 0 Å². The first-order valence-corrected chi connectivity index (χ1v) is 7.18. The average molecular weight is 301 g/mol. The van der Waals surface area contributed by atoms with Crippen LogP contribution in [0.1, 0.15) is 36.0 Å². The topological polar surface area (TPSA) is 29.5 Å². The van der Waals surface area contributed by atoms with E-state index in [1.807, 2.05) is 26.8 Å². The third-order valence-corrected chi connectivity index (χ3v) is 3.60. The van der Waals surface area contributed by atoms with Crippen molar-refractivity contribution in [3.8, 4) is 11.5 Å². The molecule has 0 aliphatic carbocycles. The van der Waals surface area contributed by atoms with Gasteiger partial charge in [-0.2, -0.15) is 0 Å². The Morgan fingerprint density at radius 1 is 1.12 bits per heavy atom. The molecule has 0 saturated heterocycles. The zero-order valence-electron chi connectivity index (χ0n) is 10.8. The second kappa shape index (κ2) is 6.90. The average Bonchev–Trinajstić information content (AvgIpc) is 2.32. The Hall–Kier alpha value is -0.700. The highest BCUT2D eigenvalue weighted by atomic mass is 79.9. The summed E-state index contributed by atoms with van der Waals surface area (Å²) in [7, 11) is 0. The van der Waals surface area contributed by atoms with Crippen LogP contribution in [0.4, 0.5) is 0 Å². The highest BCUT2D eigenvalue weighted by Gasteiger charge is 2.09.